The lowest BCUT2D eigenvalue weighted by atomic mass is 9.61. The zero-order valence-electron chi connectivity index (χ0n) is 15.3. The first-order valence-corrected chi connectivity index (χ1v) is 10.2. The molecule has 0 nitrogen and oxygen atoms in total. The van der Waals surface area contributed by atoms with E-state index in [-0.39, 0.29) is 5.92 Å². The van der Waals surface area contributed by atoms with Crippen molar-refractivity contribution in [3.63, 3.8) is 0 Å². The van der Waals surface area contributed by atoms with Crippen molar-refractivity contribution in [3.05, 3.63) is 47.0 Å². The fourth-order valence-electron chi connectivity index (χ4n) is 6.03. The summed E-state index contributed by atoms with van der Waals surface area (Å²) in [6.45, 7) is 2.19. The van der Waals surface area contributed by atoms with E-state index in [1.807, 2.05) is 0 Å². The monoisotopic (exact) mass is 344 g/mol. The molecule has 0 N–H and O–H groups in total. The molecule has 0 aromatic heterocycles. The topological polar surface area (TPSA) is 0 Å². The number of halogens is 2. The molecule has 3 aliphatic carbocycles. The van der Waals surface area contributed by atoms with Crippen LogP contribution in [0.5, 0.6) is 0 Å². The molecule has 5 atom stereocenters. The molecule has 5 unspecified atom stereocenters. The molecular formula is C23H30F2. The molecule has 0 aliphatic heterocycles. The molecule has 0 bridgehead atoms. The highest BCUT2D eigenvalue weighted by molar-refractivity contribution is 5.33. The summed E-state index contributed by atoms with van der Waals surface area (Å²) in [5, 5.41) is 0. The summed E-state index contributed by atoms with van der Waals surface area (Å²) in [6, 6.07) is 6.99. The molecule has 2 saturated carbocycles. The van der Waals surface area contributed by atoms with Gasteiger partial charge in [0, 0.05) is 0 Å². The van der Waals surface area contributed by atoms with Gasteiger partial charge in [0.2, 0.25) is 0 Å². The summed E-state index contributed by atoms with van der Waals surface area (Å²) in [7, 11) is 0. The van der Waals surface area contributed by atoms with Crippen LogP contribution in [0.2, 0.25) is 0 Å². The van der Waals surface area contributed by atoms with Crippen molar-refractivity contribution in [2.24, 2.45) is 29.6 Å². The zero-order chi connectivity index (χ0) is 17.4. The maximum Gasteiger partial charge on any atom is 0.266 e. The molecule has 25 heavy (non-hydrogen) atoms. The first-order valence-electron chi connectivity index (χ1n) is 10.2. The second kappa shape index (κ2) is 7.21. The molecule has 0 heterocycles. The zero-order valence-corrected chi connectivity index (χ0v) is 15.3. The fourth-order valence-corrected chi connectivity index (χ4v) is 6.03. The van der Waals surface area contributed by atoms with Gasteiger partial charge in [0.1, 0.15) is 0 Å². The van der Waals surface area contributed by atoms with Crippen molar-refractivity contribution in [1.29, 1.82) is 0 Å². The van der Waals surface area contributed by atoms with E-state index in [4.69, 9.17) is 0 Å². The minimum atomic E-state index is -1.48. The Morgan fingerprint density at radius 1 is 0.880 bits per heavy atom. The van der Waals surface area contributed by atoms with Crippen LogP contribution in [0.4, 0.5) is 8.78 Å². The van der Waals surface area contributed by atoms with Gasteiger partial charge < -0.3 is 0 Å². The largest absolute Gasteiger partial charge is 0.266 e. The van der Waals surface area contributed by atoms with Gasteiger partial charge >= 0.3 is 0 Å². The van der Waals surface area contributed by atoms with E-state index < -0.39 is 6.08 Å². The van der Waals surface area contributed by atoms with Crippen LogP contribution in [0, 0.1) is 36.5 Å². The highest BCUT2D eigenvalue weighted by Gasteiger charge is 2.38. The van der Waals surface area contributed by atoms with E-state index in [2.05, 4.69) is 25.1 Å². The quantitative estimate of drug-likeness (QED) is 0.559. The predicted molar refractivity (Wildman–Crippen MR) is 98.7 cm³/mol. The SMILES string of the molecule is Cc1ccc2c(c1)CCC(C1CCC3CC(C=C(F)F)CCC3C1)C2. The number of benzene rings is 1. The molecule has 1 aromatic rings. The number of aryl methyl sites for hydroxylation is 2. The number of fused-ring (bicyclic) bond motifs is 2. The summed E-state index contributed by atoms with van der Waals surface area (Å²) >= 11 is 0. The van der Waals surface area contributed by atoms with Gasteiger partial charge in [0.25, 0.3) is 6.08 Å². The lowest BCUT2D eigenvalue weighted by Gasteiger charge is -2.44. The van der Waals surface area contributed by atoms with Crippen molar-refractivity contribution in [3.8, 4) is 0 Å². The fraction of sp³-hybridized carbons (Fsp3) is 0.652. The Morgan fingerprint density at radius 2 is 1.60 bits per heavy atom. The van der Waals surface area contributed by atoms with E-state index >= 15 is 0 Å². The number of hydrogen-bond acceptors (Lipinski definition) is 0. The average molecular weight is 344 g/mol. The van der Waals surface area contributed by atoms with Crippen LogP contribution in [0.1, 0.15) is 61.6 Å². The molecule has 0 spiro atoms. The van der Waals surface area contributed by atoms with Gasteiger partial charge in [0.15, 0.2) is 0 Å². The smallest absolute Gasteiger partial charge is 0.174 e. The van der Waals surface area contributed by atoms with Crippen molar-refractivity contribution >= 4 is 0 Å². The summed E-state index contributed by atoms with van der Waals surface area (Å²) in [5.74, 6) is 3.33. The Morgan fingerprint density at radius 3 is 2.40 bits per heavy atom. The van der Waals surface area contributed by atoms with Crippen LogP contribution in [-0.2, 0) is 12.8 Å². The minimum Gasteiger partial charge on any atom is -0.174 e. The Hall–Kier alpha value is -1.18. The summed E-state index contributed by atoms with van der Waals surface area (Å²) in [5.41, 5.74) is 4.54. The normalized spacial score (nSPS) is 34.8. The highest BCUT2D eigenvalue weighted by Crippen LogP contribution is 2.48. The standard InChI is InChI=1S/C23H30F2/c1-15-2-4-19-13-21(8-6-17(19)10-15)22-9-7-18-11-16(12-23(24)25)3-5-20(18)14-22/h2,4,10,12,16,18,20-22H,3,5-9,11,13-14H2,1H3. The van der Waals surface area contributed by atoms with Gasteiger partial charge in [-0.25, -0.2) is 0 Å². The molecule has 4 rings (SSSR count). The van der Waals surface area contributed by atoms with Gasteiger partial charge in [-0.1, -0.05) is 23.8 Å². The predicted octanol–water partition coefficient (Wildman–Crippen LogP) is 6.71. The molecule has 0 saturated heterocycles. The molecule has 2 fully saturated rings. The number of hydrogen-bond donors (Lipinski definition) is 0. The molecule has 136 valence electrons. The Labute approximate surface area is 150 Å². The highest BCUT2D eigenvalue weighted by atomic mass is 19.3. The van der Waals surface area contributed by atoms with Crippen LogP contribution >= 0.6 is 0 Å². The molecule has 2 heteroatoms. The first kappa shape index (κ1) is 17.2. The number of rotatable bonds is 2. The van der Waals surface area contributed by atoms with Gasteiger partial charge in [-0.2, -0.15) is 8.78 Å². The molecule has 0 amide bonds. The Kier molecular flexibility index (Phi) is 4.97. The van der Waals surface area contributed by atoms with Crippen LogP contribution in [0.3, 0.4) is 0 Å². The third-order valence-corrected chi connectivity index (χ3v) is 7.35. The molecule has 1 aromatic carbocycles. The van der Waals surface area contributed by atoms with Crippen LogP contribution < -0.4 is 0 Å². The lowest BCUT2D eigenvalue weighted by molar-refractivity contribution is 0.0803. The van der Waals surface area contributed by atoms with Crippen molar-refractivity contribution in [2.45, 2.75) is 64.7 Å². The summed E-state index contributed by atoms with van der Waals surface area (Å²) in [4.78, 5) is 0. The van der Waals surface area contributed by atoms with Gasteiger partial charge in [-0.05, 0) is 112 Å². The summed E-state index contributed by atoms with van der Waals surface area (Å²) < 4.78 is 25.1. The number of allylic oxidation sites excluding steroid dienone is 1. The van der Waals surface area contributed by atoms with Crippen LogP contribution in [0.25, 0.3) is 0 Å². The molecule has 3 aliphatic rings. The van der Waals surface area contributed by atoms with Gasteiger partial charge in [0.05, 0.1) is 0 Å². The minimum absolute atomic E-state index is 0.132. The molecule has 0 radical (unpaired) electrons. The van der Waals surface area contributed by atoms with Gasteiger partial charge in [-0.15, -0.1) is 0 Å². The van der Waals surface area contributed by atoms with E-state index in [1.165, 1.54) is 50.2 Å². The van der Waals surface area contributed by atoms with E-state index in [0.29, 0.717) is 5.92 Å². The Bertz CT molecular complexity index is 643. The lowest BCUT2D eigenvalue weighted by Crippen LogP contribution is -2.34. The second-order valence-corrected chi connectivity index (χ2v) is 8.90. The maximum absolute atomic E-state index is 12.6. The van der Waals surface area contributed by atoms with Crippen molar-refractivity contribution < 1.29 is 8.78 Å². The molecular weight excluding hydrogens is 314 g/mol. The Balaban J connectivity index is 1.37. The second-order valence-electron chi connectivity index (χ2n) is 8.90. The van der Waals surface area contributed by atoms with Crippen LogP contribution in [0.15, 0.2) is 30.4 Å². The third-order valence-electron chi connectivity index (χ3n) is 7.35. The average Bonchev–Trinajstić information content (AvgIpc) is 2.60. The van der Waals surface area contributed by atoms with Crippen molar-refractivity contribution in [2.75, 3.05) is 0 Å². The van der Waals surface area contributed by atoms with Crippen LogP contribution in [-0.4, -0.2) is 0 Å². The summed E-state index contributed by atoms with van der Waals surface area (Å²) in [6.07, 6.45) is 10.7. The third kappa shape index (κ3) is 3.83. The van der Waals surface area contributed by atoms with Gasteiger partial charge in [-0.3, -0.25) is 0 Å². The van der Waals surface area contributed by atoms with E-state index in [9.17, 15) is 8.78 Å². The van der Waals surface area contributed by atoms with Crippen molar-refractivity contribution in [1.82, 2.24) is 0 Å². The first-order chi connectivity index (χ1) is 12.1. The van der Waals surface area contributed by atoms with E-state index in [0.717, 1.165) is 37.0 Å². The maximum atomic E-state index is 12.6. The van der Waals surface area contributed by atoms with E-state index in [1.54, 1.807) is 11.1 Å².